The first kappa shape index (κ1) is 14.2. The second-order valence-corrected chi connectivity index (χ2v) is 4.30. The molecular weight excluding hydrogens is 210 g/mol. The van der Waals surface area contributed by atoms with E-state index in [1.165, 1.54) is 11.1 Å². The highest BCUT2D eigenvalue weighted by Crippen LogP contribution is 2.22. The van der Waals surface area contributed by atoms with Crippen molar-refractivity contribution in [1.29, 1.82) is 0 Å². The highest BCUT2D eigenvalue weighted by molar-refractivity contribution is 5.30. The minimum Gasteiger partial charge on any atom is -0.385 e. The molecule has 0 aliphatic rings. The molecule has 0 amide bonds. The van der Waals surface area contributed by atoms with Crippen LogP contribution in [0.4, 0.5) is 0 Å². The minimum atomic E-state index is 0.464. The number of nitrogens with one attached hydrogen (secondary N) is 1. The number of methoxy groups -OCH3 is 1. The third-order valence-corrected chi connectivity index (χ3v) is 3.10. The largest absolute Gasteiger partial charge is 0.385 e. The topological polar surface area (TPSA) is 21.3 Å². The summed E-state index contributed by atoms with van der Waals surface area (Å²) in [5, 5.41) is 3.58. The number of ether oxygens (including phenoxy) is 1. The molecule has 0 saturated carbocycles. The van der Waals surface area contributed by atoms with Crippen molar-refractivity contribution in [3.63, 3.8) is 0 Å². The first-order valence-corrected chi connectivity index (χ1v) is 6.63. The summed E-state index contributed by atoms with van der Waals surface area (Å²) in [7, 11) is 1.77. The lowest BCUT2D eigenvalue weighted by atomic mass is 9.95. The van der Waals surface area contributed by atoms with Crippen molar-refractivity contribution in [2.24, 2.45) is 0 Å². The van der Waals surface area contributed by atoms with Crippen molar-refractivity contribution >= 4 is 0 Å². The molecule has 1 aromatic rings. The fourth-order valence-electron chi connectivity index (χ4n) is 2.24. The molecule has 17 heavy (non-hydrogen) atoms. The van der Waals surface area contributed by atoms with Crippen LogP contribution in [0, 0.1) is 0 Å². The molecule has 1 N–H and O–H groups in total. The summed E-state index contributed by atoms with van der Waals surface area (Å²) in [6.45, 7) is 6.24. The van der Waals surface area contributed by atoms with Crippen LogP contribution in [0.3, 0.4) is 0 Å². The highest BCUT2D eigenvalue weighted by Gasteiger charge is 2.12. The van der Waals surface area contributed by atoms with Crippen molar-refractivity contribution < 1.29 is 4.74 Å². The van der Waals surface area contributed by atoms with Gasteiger partial charge >= 0.3 is 0 Å². The SMILES string of the molecule is CCNC(CCCOC)c1ccccc1CC. The van der Waals surface area contributed by atoms with E-state index in [9.17, 15) is 0 Å². The smallest absolute Gasteiger partial charge is 0.0462 e. The molecule has 0 bridgehead atoms. The molecule has 2 heteroatoms. The molecule has 0 saturated heterocycles. The maximum absolute atomic E-state index is 5.14. The van der Waals surface area contributed by atoms with Gasteiger partial charge in [0.25, 0.3) is 0 Å². The molecule has 0 aliphatic carbocycles. The van der Waals surface area contributed by atoms with Gasteiger partial charge in [0.05, 0.1) is 0 Å². The molecule has 1 rings (SSSR count). The lowest BCUT2D eigenvalue weighted by Crippen LogP contribution is -2.22. The van der Waals surface area contributed by atoms with Crippen molar-refractivity contribution in [2.45, 2.75) is 39.2 Å². The summed E-state index contributed by atoms with van der Waals surface area (Å²) in [6, 6.07) is 9.20. The number of rotatable bonds is 8. The predicted molar refractivity (Wildman–Crippen MR) is 73.3 cm³/mol. The normalized spacial score (nSPS) is 12.6. The fraction of sp³-hybridized carbons (Fsp3) is 0.600. The molecule has 0 aromatic heterocycles. The maximum atomic E-state index is 5.14. The molecule has 1 aromatic carbocycles. The molecule has 1 atom stereocenters. The number of hydrogen-bond donors (Lipinski definition) is 1. The fourth-order valence-corrected chi connectivity index (χ4v) is 2.24. The average molecular weight is 235 g/mol. The summed E-state index contributed by atoms with van der Waals surface area (Å²) in [5.41, 5.74) is 2.91. The molecule has 2 nitrogen and oxygen atoms in total. The standard InChI is InChI=1S/C15H25NO/c1-4-13-9-6-7-10-14(13)15(16-5-2)11-8-12-17-3/h6-7,9-10,15-16H,4-5,8,11-12H2,1-3H3. The zero-order chi connectivity index (χ0) is 12.5. The molecular formula is C15H25NO. The molecule has 0 radical (unpaired) electrons. The Kier molecular flexibility index (Phi) is 6.90. The Hall–Kier alpha value is -0.860. The Balaban J connectivity index is 2.73. The summed E-state index contributed by atoms with van der Waals surface area (Å²) in [6.07, 6.45) is 3.34. The number of aryl methyl sites for hydroxylation is 1. The Morgan fingerprint density at radius 2 is 2.00 bits per heavy atom. The van der Waals surface area contributed by atoms with E-state index >= 15 is 0 Å². The lowest BCUT2D eigenvalue weighted by Gasteiger charge is -2.21. The van der Waals surface area contributed by atoms with Crippen LogP contribution in [-0.2, 0) is 11.2 Å². The van der Waals surface area contributed by atoms with Crippen LogP contribution in [0.25, 0.3) is 0 Å². The zero-order valence-electron chi connectivity index (χ0n) is 11.3. The van der Waals surface area contributed by atoms with Gasteiger partial charge in [-0.2, -0.15) is 0 Å². The molecule has 0 aliphatic heterocycles. The minimum absolute atomic E-state index is 0.464. The van der Waals surface area contributed by atoms with Gasteiger partial charge in [-0.1, -0.05) is 38.1 Å². The molecule has 96 valence electrons. The van der Waals surface area contributed by atoms with Gasteiger partial charge in [-0.3, -0.25) is 0 Å². The first-order valence-electron chi connectivity index (χ1n) is 6.63. The van der Waals surface area contributed by atoms with E-state index in [4.69, 9.17) is 4.74 Å². The Morgan fingerprint density at radius 3 is 2.65 bits per heavy atom. The Bertz CT molecular complexity index is 312. The molecule has 0 fully saturated rings. The Morgan fingerprint density at radius 1 is 1.24 bits per heavy atom. The van der Waals surface area contributed by atoms with Crippen LogP contribution in [-0.4, -0.2) is 20.3 Å². The second-order valence-electron chi connectivity index (χ2n) is 4.30. The summed E-state index contributed by atoms with van der Waals surface area (Å²) in [5.74, 6) is 0. The van der Waals surface area contributed by atoms with E-state index in [-0.39, 0.29) is 0 Å². The lowest BCUT2D eigenvalue weighted by molar-refractivity contribution is 0.189. The first-order chi connectivity index (χ1) is 8.33. The summed E-state index contributed by atoms with van der Waals surface area (Å²) < 4.78 is 5.14. The number of benzene rings is 1. The van der Waals surface area contributed by atoms with Gasteiger partial charge in [-0.05, 0) is 36.9 Å². The van der Waals surface area contributed by atoms with Gasteiger partial charge in [0.15, 0.2) is 0 Å². The van der Waals surface area contributed by atoms with Crippen LogP contribution >= 0.6 is 0 Å². The van der Waals surface area contributed by atoms with Crippen LogP contribution in [0.2, 0.25) is 0 Å². The molecule has 0 heterocycles. The van der Waals surface area contributed by atoms with Gasteiger partial charge < -0.3 is 10.1 Å². The van der Waals surface area contributed by atoms with E-state index in [0.29, 0.717) is 6.04 Å². The van der Waals surface area contributed by atoms with Crippen molar-refractivity contribution in [3.8, 4) is 0 Å². The van der Waals surface area contributed by atoms with Crippen LogP contribution in [0.15, 0.2) is 24.3 Å². The van der Waals surface area contributed by atoms with E-state index in [1.807, 2.05) is 0 Å². The van der Waals surface area contributed by atoms with Gasteiger partial charge in [0.1, 0.15) is 0 Å². The third-order valence-electron chi connectivity index (χ3n) is 3.10. The van der Waals surface area contributed by atoms with Crippen molar-refractivity contribution in [1.82, 2.24) is 5.32 Å². The van der Waals surface area contributed by atoms with Crippen molar-refractivity contribution in [3.05, 3.63) is 35.4 Å². The van der Waals surface area contributed by atoms with Gasteiger partial charge in [0, 0.05) is 19.8 Å². The van der Waals surface area contributed by atoms with Crippen LogP contribution < -0.4 is 5.32 Å². The average Bonchev–Trinajstić information content (AvgIpc) is 2.38. The second kappa shape index (κ2) is 8.26. The zero-order valence-corrected chi connectivity index (χ0v) is 11.3. The Labute approximate surface area is 105 Å². The summed E-state index contributed by atoms with van der Waals surface area (Å²) in [4.78, 5) is 0. The maximum Gasteiger partial charge on any atom is 0.0462 e. The van der Waals surface area contributed by atoms with Gasteiger partial charge in [-0.15, -0.1) is 0 Å². The van der Waals surface area contributed by atoms with Crippen LogP contribution in [0.5, 0.6) is 0 Å². The van der Waals surface area contributed by atoms with Crippen molar-refractivity contribution in [2.75, 3.05) is 20.3 Å². The highest BCUT2D eigenvalue weighted by atomic mass is 16.5. The quantitative estimate of drug-likeness (QED) is 0.698. The molecule has 0 spiro atoms. The summed E-state index contributed by atoms with van der Waals surface area (Å²) >= 11 is 0. The third kappa shape index (κ3) is 4.49. The van der Waals surface area contributed by atoms with Crippen LogP contribution in [0.1, 0.15) is 43.9 Å². The van der Waals surface area contributed by atoms with Gasteiger partial charge in [-0.25, -0.2) is 0 Å². The van der Waals surface area contributed by atoms with E-state index in [0.717, 1.165) is 32.4 Å². The predicted octanol–water partition coefficient (Wildman–Crippen LogP) is 3.33. The van der Waals surface area contributed by atoms with Gasteiger partial charge in [0.2, 0.25) is 0 Å². The van der Waals surface area contributed by atoms with E-state index in [2.05, 4.69) is 43.4 Å². The number of hydrogen-bond acceptors (Lipinski definition) is 2. The monoisotopic (exact) mass is 235 g/mol. The molecule has 1 unspecified atom stereocenters. The van der Waals surface area contributed by atoms with E-state index in [1.54, 1.807) is 7.11 Å². The van der Waals surface area contributed by atoms with E-state index < -0.39 is 0 Å².